The lowest BCUT2D eigenvalue weighted by molar-refractivity contribution is 0.209. The van der Waals surface area contributed by atoms with Crippen molar-refractivity contribution in [2.45, 2.75) is 40.5 Å². The van der Waals surface area contributed by atoms with Crippen molar-refractivity contribution in [1.82, 2.24) is 4.90 Å². The highest BCUT2D eigenvalue weighted by Gasteiger charge is 2.08. The lowest BCUT2D eigenvalue weighted by Gasteiger charge is -2.18. The summed E-state index contributed by atoms with van der Waals surface area (Å²) in [5, 5.41) is 4.04. The number of rotatable bonds is 12. The first kappa shape index (κ1) is 22.0. The minimum absolute atomic E-state index is 0.591. The Morgan fingerprint density at radius 2 is 1.88 bits per heavy atom. The van der Waals surface area contributed by atoms with E-state index in [0.29, 0.717) is 13.2 Å². The van der Waals surface area contributed by atoms with Gasteiger partial charge in [0.05, 0.1) is 12.3 Å². The number of hydrogen-bond donors (Lipinski definition) is 0. The minimum atomic E-state index is 0.591. The van der Waals surface area contributed by atoms with E-state index < -0.39 is 0 Å². The highest BCUT2D eigenvalue weighted by Crippen LogP contribution is 2.28. The zero-order valence-corrected chi connectivity index (χ0v) is 17.2. The first-order valence-corrected chi connectivity index (χ1v) is 9.27. The smallest absolute Gasteiger partial charge is 0.125 e. The van der Waals surface area contributed by atoms with Crippen LogP contribution in [0.2, 0.25) is 0 Å². The molecule has 5 heteroatoms. The second kappa shape index (κ2) is 12.4. The predicted octanol–water partition coefficient (Wildman–Crippen LogP) is 4.37. The van der Waals surface area contributed by atoms with Gasteiger partial charge in [-0.2, -0.15) is 0 Å². The van der Waals surface area contributed by atoms with Crippen LogP contribution in [0.15, 0.2) is 29.4 Å². The summed E-state index contributed by atoms with van der Waals surface area (Å²) in [6.07, 6.45) is 5.83. The monoisotopic (exact) mass is 362 g/mol. The Labute approximate surface area is 158 Å². The normalized spacial score (nSPS) is 12.0. The zero-order valence-electron chi connectivity index (χ0n) is 17.2. The lowest BCUT2D eigenvalue weighted by Crippen LogP contribution is -2.27. The van der Waals surface area contributed by atoms with Crippen LogP contribution in [0.5, 0.6) is 11.5 Å². The summed E-state index contributed by atoms with van der Waals surface area (Å²) in [7, 11) is 3.68. The summed E-state index contributed by atoms with van der Waals surface area (Å²) >= 11 is 0. The van der Waals surface area contributed by atoms with Crippen LogP contribution in [-0.4, -0.2) is 51.1 Å². The molecule has 0 amide bonds. The first-order valence-electron chi connectivity index (χ1n) is 9.27. The first-order chi connectivity index (χ1) is 12.5. The fourth-order valence-corrected chi connectivity index (χ4v) is 2.70. The minimum Gasteiger partial charge on any atom is -0.493 e. The largest absolute Gasteiger partial charge is 0.493 e. The van der Waals surface area contributed by atoms with Crippen molar-refractivity contribution >= 4 is 5.71 Å². The highest BCUT2D eigenvalue weighted by molar-refractivity contribution is 5.85. The molecule has 0 N–H and O–H groups in total. The fourth-order valence-electron chi connectivity index (χ4n) is 2.70. The Kier molecular flexibility index (Phi) is 10.5. The Bertz CT molecular complexity index is 574. The molecule has 5 nitrogen and oxygen atoms in total. The molecule has 0 unspecified atom stereocenters. The number of ether oxygens (including phenoxy) is 2. The summed E-state index contributed by atoms with van der Waals surface area (Å²) in [6.45, 7) is 11.2. The molecule has 1 aromatic rings. The van der Waals surface area contributed by atoms with Gasteiger partial charge >= 0.3 is 0 Å². The van der Waals surface area contributed by atoms with Gasteiger partial charge in [-0.15, -0.1) is 0 Å². The van der Waals surface area contributed by atoms with Gasteiger partial charge in [-0.3, -0.25) is 0 Å². The van der Waals surface area contributed by atoms with Crippen molar-refractivity contribution in [3.8, 4) is 11.5 Å². The quantitative estimate of drug-likeness (QED) is 0.240. The van der Waals surface area contributed by atoms with Crippen molar-refractivity contribution in [3.63, 3.8) is 0 Å². The van der Waals surface area contributed by atoms with Crippen LogP contribution in [0.4, 0.5) is 0 Å². The lowest BCUT2D eigenvalue weighted by atomic mass is 10.1. The molecular weight excluding hydrogens is 328 g/mol. The molecule has 0 aliphatic heterocycles. The van der Waals surface area contributed by atoms with Crippen LogP contribution in [0, 0.1) is 13.8 Å². The number of hydrogen-bond acceptors (Lipinski definition) is 5. The van der Waals surface area contributed by atoms with Gasteiger partial charge in [0.1, 0.15) is 25.2 Å². The van der Waals surface area contributed by atoms with E-state index in [2.05, 4.69) is 37.9 Å². The maximum Gasteiger partial charge on any atom is 0.125 e. The maximum atomic E-state index is 6.03. The van der Waals surface area contributed by atoms with Gasteiger partial charge < -0.3 is 19.2 Å². The van der Waals surface area contributed by atoms with Crippen LogP contribution in [0.25, 0.3) is 0 Å². The Morgan fingerprint density at radius 1 is 1.19 bits per heavy atom. The summed E-state index contributed by atoms with van der Waals surface area (Å²) in [6, 6.07) is 4.07. The average molecular weight is 363 g/mol. The summed E-state index contributed by atoms with van der Waals surface area (Å²) in [4.78, 5) is 7.11. The third-order valence-corrected chi connectivity index (χ3v) is 4.03. The topological polar surface area (TPSA) is 43.3 Å². The molecule has 0 saturated carbocycles. The van der Waals surface area contributed by atoms with Gasteiger partial charge in [-0.25, -0.2) is 0 Å². The molecule has 1 aromatic carbocycles. The Morgan fingerprint density at radius 3 is 2.46 bits per heavy atom. The van der Waals surface area contributed by atoms with Crippen LogP contribution in [-0.2, 0) is 4.84 Å². The van der Waals surface area contributed by atoms with E-state index in [4.69, 9.17) is 14.3 Å². The standard InChI is InChI=1S/C21H34N2O3/c1-7-9-12-25-20-14-17(3)21(18(4)15-20)26-13-10-11-23(5)16-19(8-2)22-24-6/h7,9,14-15H,8,10-13,16H2,1-6H3/b9-7+,22-19?. The molecular formula is C21H34N2O3. The van der Waals surface area contributed by atoms with Crippen molar-refractivity contribution in [2.24, 2.45) is 5.16 Å². The van der Waals surface area contributed by atoms with Gasteiger partial charge in [0.25, 0.3) is 0 Å². The van der Waals surface area contributed by atoms with Crippen molar-refractivity contribution in [3.05, 3.63) is 35.4 Å². The fraction of sp³-hybridized carbons (Fsp3) is 0.571. The Balaban J connectivity index is 2.46. The van der Waals surface area contributed by atoms with Crippen molar-refractivity contribution in [1.29, 1.82) is 0 Å². The van der Waals surface area contributed by atoms with E-state index in [1.807, 2.05) is 31.2 Å². The SMILES string of the molecule is C/C=C/COc1cc(C)c(OCCCN(C)CC(CC)=NOC)c(C)c1. The molecule has 0 radical (unpaired) electrons. The van der Waals surface area contributed by atoms with Crippen LogP contribution >= 0.6 is 0 Å². The molecule has 0 aromatic heterocycles. The van der Waals surface area contributed by atoms with Crippen molar-refractivity contribution < 1.29 is 14.3 Å². The molecule has 0 saturated heterocycles. The second-order valence-corrected chi connectivity index (χ2v) is 6.40. The van der Waals surface area contributed by atoms with E-state index in [-0.39, 0.29) is 0 Å². The van der Waals surface area contributed by atoms with Crippen LogP contribution in [0.1, 0.15) is 37.8 Å². The summed E-state index contributed by atoms with van der Waals surface area (Å²) < 4.78 is 11.7. The number of allylic oxidation sites excluding steroid dienone is 1. The maximum absolute atomic E-state index is 6.03. The molecule has 0 heterocycles. The molecule has 0 spiro atoms. The van der Waals surface area contributed by atoms with Gasteiger partial charge in [0, 0.05) is 13.1 Å². The van der Waals surface area contributed by atoms with Gasteiger partial charge in [-0.1, -0.05) is 24.2 Å². The third-order valence-electron chi connectivity index (χ3n) is 4.03. The number of benzene rings is 1. The van der Waals surface area contributed by atoms with E-state index >= 15 is 0 Å². The molecule has 1 rings (SSSR count). The number of oxime groups is 1. The molecule has 0 aliphatic carbocycles. The number of aryl methyl sites for hydroxylation is 2. The van der Waals surface area contributed by atoms with Gasteiger partial charge in [-0.05, 0) is 63.9 Å². The van der Waals surface area contributed by atoms with E-state index in [9.17, 15) is 0 Å². The number of nitrogens with zero attached hydrogens (tertiary/aromatic N) is 2. The van der Waals surface area contributed by atoms with Crippen LogP contribution in [0.3, 0.4) is 0 Å². The molecule has 0 fully saturated rings. The summed E-state index contributed by atoms with van der Waals surface area (Å²) in [5.41, 5.74) is 3.26. The van der Waals surface area contributed by atoms with Gasteiger partial charge in [0.15, 0.2) is 0 Å². The van der Waals surface area contributed by atoms with Crippen molar-refractivity contribution in [2.75, 3.05) is 40.5 Å². The van der Waals surface area contributed by atoms with Crippen LogP contribution < -0.4 is 9.47 Å². The second-order valence-electron chi connectivity index (χ2n) is 6.40. The van der Waals surface area contributed by atoms with E-state index in [0.717, 1.165) is 54.3 Å². The summed E-state index contributed by atoms with van der Waals surface area (Å²) in [5.74, 6) is 1.84. The zero-order chi connectivity index (χ0) is 19.4. The van der Waals surface area contributed by atoms with E-state index in [1.165, 1.54) is 0 Å². The molecule has 26 heavy (non-hydrogen) atoms. The van der Waals surface area contributed by atoms with E-state index in [1.54, 1.807) is 7.11 Å². The molecule has 0 atom stereocenters. The Hall–Kier alpha value is -2.01. The third kappa shape index (κ3) is 7.91. The van der Waals surface area contributed by atoms with Gasteiger partial charge in [0.2, 0.25) is 0 Å². The highest BCUT2D eigenvalue weighted by atomic mass is 16.6. The molecule has 0 bridgehead atoms. The average Bonchev–Trinajstić information content (AvgIpc) is 2.60. The molecule has 0 aliphatic rings. The predicted molar refractivity (Wildman–Crippen MR) is 109 cm³/mol. The molecule has 146 valence electrons.